The van der Waals surface area contributed by atoms with Gasteiger partial charge in [-0.3, -0.25) is 4.79 Å². The van der Waals surface area contributed by atoms with Gasteiger partial charge in [-0.2, -0.15) is 0 Å². The average Bonchev–Trinajstić information content (AvgIpc) is 2.77. The Kier molecular flexibility index (Phi) is 7.45. The van der Waals surface area contributed by atoms with Gasteiger partial charge < -0.3 is 15.7 Å². The number of aromatic nitrogens is 2. The van der Waals surface area contributed by atoms with Gasteiger partial charge in [0.25, 0.3) is 0 Å². The number of anilines is 2. The first-order valence-electron chi connectivity index (χ1n) is 9.92. The SMILES string of the molecule is NC(=O)C(O)CCCCCN(c1ccccn1)c1ccc(-c2ccc(F)cc2)cn1. The van der Waals surface area contributed by atoms with E-state index >= 15 is 0 Å². The molecular weight excluding hydrogens is 383 g/mol. The maximum atomic E-state index is 13.2. The van der Waals surface area contributed by atoms with Gasteiger partial charge in [-0.15, -0.1) is 0 Å². The van der Waals surface area contributed by atoms with Crippen molar-refractivity contribution in [1.82, 2.24) is 9.97 Å². The molecule has 0 saturated carbocycles. The number of aliphatic hydroxyl groups is 1. The monoisotopic (exact) mass is 408 g/mol. The van der Waals surface area contributed by atoms with Gasteiger partial charge in [-0.05, 0) is 54.8 Å². The number of carbonyl (C=O) groups excluding carboxylic acids is 1. The highest BCUT2D eigenvalue weighted by molar-refractivity contribution is 5.78. The van der Waals surface area contributed by atoms with Crippen LogP contribution in [0.1, 0.15) is 25.7 Å². The first-order valence-corrected chi connectivity index (χ1v) is 9.92. The third-order valence-corrected chi connectivity index (χ3v) is 4.82. The third kappa shape index (κ3) is 5.84. The van der Waals surface area contributed by atoms with Gasteiger partial charge >= 0.3 is 0 Å². The minimum atomic E-state index is -1.09. The minimum absolute atomic E-state index is 0.270. The molecule has 0 aliphatic rings. The average molecular weight is 408 g/mol. The van der Waals surface area contributed by atoms with E-state index < -0.39 is 12.0 Å². The molecule has 0 saturated heterocycles. The molecule has 1 unspecified atom stereocenters. The summed E-state index contributed by atoms with van der Waals surface area (Å²) in [7, 11) is 0. The van der Waals surface area contributed by atoms with E-state index in [0.29, 0.717) is 19.4 Å². The number of aliphatic hydroxyl groups excluding tert-OH is 1. The van der Waals surface area contributed by atoms with Crippen molar-refractivity contribution in [1.29, 1.82) is 0 Å². The molecule has 0 aliphatic heterocycles. The summed E-state index contributed by atoms with van der Waals surface area (Å²) in [6.45, 7) is 0.687. The molecule has 3 aromatic rings. The van der Waals surface area contributed by atoms with E-state index in [4.69, 9.17) is 5.73 Å². The number of pyridine rings is 2. The van der Waals surface area contributed by atoms with Crippen molar-refractivity contribution >= 4 is 17.5 Å². The van der Waals surface area contributed by atoms with Crippen molar-refractivity contribution < 1.29 is 14.3 Å². The maximum Gasteiger partial charge on any atom is 0.246 e. The second-order valence-corrected chi connectivity index (χ2v) is 7.02. The fourth-order valence-electron chi connectivity index (χ4n) is 3.15. The lowest BCUT2D eigenvalue weighted by Crippen LogP contribution is -2.28. The topological polar surface area (TPSA) is 92.3 Å². The van der Waals surface area contributed by atoms with Crippen LogP contribution in [-0.2, 0) is 4.79 Å². The molecule has 2 heterocycles. The van der Waals surface area contributed by atoms with Crippen molar-refractivity contribution in [3.05, 3.63) is 72.8 Å². The molecule has 1 aromatic carbocycles. The fourth-order valence-corrected chi connectivity index (χ4v) is 3.15. The molecule has 30 heavy (non-hydrogen) atoms. The van der Waals surface area contributed by atoms with Gasteiger partial charge in [0.2, 0.25) is 5.91 Å². The number of rotatable bonds is 10. The van der Waals surface area contributed by atoms with Gasteiger partial charge in [0, 0.05) is 24.5 Å². The Hall–Kier alpha value is -3.32. The second-order valence-electron chi connectivity index (χ2n) is 7.02. The van der Waals surface area contributed by atoms with Crippen molar-refractivity contribution in [2.45, 2.75) is 31.8 Å². The van der Waals surface area contributed by atoms with E-state index in [1.807, 2.05) is 35.2 Å². The Labute approximate surface area is 175 Å². The molecular formula is C23H25FN4O2. The number of carbonyl (C=O) groups is 1. The number of amides is 1. The van der Waals surface area contributed by atoms with Crippen LogP contribution in [0.5, 0.6) is 0 Å². The van der Waals surface area contributed by atoms with E-state index in [0.717, 1.165) is 35.6 Å². The first-order chi connectivity index (χ1) is 14.5. The zero-order valence-electron chi connectivity index (χ0n) is 16.6. The van der Waals surface area contributed by atoms with Crippen molar-refractivity contribution in [3.63, 3.8) is 0 Å². The second kappa shape index (κ2) is 10.5. The lowest BCUT2D eigenvalue weighted by atomic mass is 10.1. The zero-order chi connectivity index (χ0) is 21.3. The number of primary amides is 1. The van der Waals surface area contributed by atoms with Crippen molar-refractivity contribution in [2.75, 3.05) is 11.4 Å². The molecule has 3 N–H and O–H groups in total. The summed E-state index contributed by atoms with van der Waals surface area (Å²) in [6, 6.07) is 15.9. The third-order valence-electron chi connectivity index (χ3n) is 4.82. The van der Waals surface area contributed by atoms with Crippen LogP contribution in [0.25, 0.3) is 11.1 Å². The van der Waals surface area contributed by atoms with Crippen molar-refractivity contribution in [2.24, 2.45) is 5.73 Å². The van der Waals surface area contributed by atoms with Gasteiger partial charge in [0.15, 0.2) is 0 Å². The normalized spacial score (nSPS) is 11.8. The van der Waals surface area contributed by atoms with Gasteiger partial charge in [0.1, 0.15) is 23.6 Å². The van der Waals surface area contributed by atoms with Crippen LogP contribution < -0.4 is 10.6 Å². The summed E-state index contributed by atoms with van der Waals surface area (Å²) < 4.78 is 13.2. The number of nitrogens with two attached hydrogens (primary N) is 1. The molecule has 0 radical (unpaired) electrons. The largest absolute Gasteiger partial charge is 0.383 e. The van der Waals surface area contributed by atoms with Crippen LogP contribution in [0.15, 0.2) is 67.0 Å². The highest BCUT2D eigenvalue weighted by Gasteiger charge is 2.13. The van der Waals surface area contributed by atoms with Crippen LogP contribution in [0.4, 0.5) is 16.0 Å². The predicted molar refractivity (Wildman–Crippen MR) is 115 cm³/mol. The Balaban J connectivity index is 1.68. The lowest BCUT2D eigenvalue weighted by Gasteiger charge is -2.23. The first kappa shape index (κ1) is 21.4. The summed E-state index contributed by atoms with van der Waals surface area (Å²) in [4.78, 5) is 22.0. The van der Waals surface area contributed by atoms with Crippen LogP contribution in [0.3, 0.4) is 0 Å². The molecule has 0 fully saturated rings. The Morgan fingerprint density at radius 3 is 2.33 bits per heavy atom. The van der Waals surface area contributed by atoms with Gasteiger partial charge in [0.05, 0.1) is 0 Å². The molecule has 6 nitrogen and oxygen atoms in total. The number of hydrogen-bond donors (Lipinski definition) is 2. The molecule has 1 amide bonds. The highest BCUT2D eigenvalue weighted by Crippen LogP contribution is 2.25. The van der Waals surface area contributed by atoms with E-state index in [1.54, 1.807) is 24.5 Å². The molecule has 156 valence electrons. The van der Waals surface area contributed by atoms with E-state index in [9.17, 15) is 14.3 Å². The molecule has 2 aromatic heterocycles. The number of halogens is 1. The summed E-state index contributed by atoms with van der Waals surface area (Å²) in [5.41, 5.74) is 6.88. The summed E-state index contributed by atoms with van der Waals surface area (Å²) in [5, 5.41) is 9.50. The Morgan fingerprint density at radius 1 is 0.967 bits per heavy atom. The molecule has 7 heteroatoms. The standard InChI is InChI=1S/C23H25FN4O2/c24-19-11-8-17(9-12-19)18-10-13-22(27-16-18)28(21-7-3-4-14-26-21)15-5-1-2-6-20(29)23(25)30/h3-4,7-14,16,20,29H,1-2,5-6,15H2,(H2,25,30). The van der Waals surface area contributed by atoms with E-state index in [-0.39, 0.29) is 5.82 Å². The molecule has 0 bridgehead atoms. The van der Waals surface area contributed by atoms with E-state index in [1.165, 1.54) is 12.1 Å². The smallest absolute Gasteiger partial charge is 0.246 e. The van der Waals surface area contributed by atoms with Crippen LogP contribution in [0.2, 0.25) is 0 Å². The lowest BCUT2D eigenvalue weighted by molar-refractivity contribution is -0.126. The minimum Gasteiger partial charge on any atom is -0.383 e. The van der Waals surface area contributed by atoms with Crippen LogP contribution in [-0.4, -0.2) is 33.6 Å². The molecule has 1 atom stereocenters. The number of hydrogen-bond acceptors (Lipinski definition) is 5. The Bertz CT molecular complexity index is 934. The fraction of sp³-hybridized carbons (Fsp3) is 0.261. The summed E-state index contributed by atoms with van der Waals surface area (Å²) in [5.74, 6) is 0.594. The molecule has 3 rings (SSSR count). The number of benzene rings is 1. The van der Waals surface area contributed by atoms with Crippen molar-refractivity contribution in [3.8, 4) is 11.1 Å². The number of nitrogens with zero attached hydrogens (tertiary/aromatic N) is 3. The van der Waals surface area contributed by atoms with E-state index in [2.05, 4.69) is 9.97 Å². The highest BCUT2D eigenvalue weighted by atomic mass is 19.1. The molecule has 0 spiro atoms. The van der Waals surface area contributed by atoms with Gasteiger partial charge in [-0.25, -0.2) is 14.4 Å². The van der Waals surface area contributed by atoms with Crippen LogP contribution in [0, 0.1) is 5.82 Å². The van der Waals surface area contributed by atoms with Crippen LogP contribution >= 0.6 is 0 Å². The Morgan fingerprint density at radius 2 is 1.70 bits per heavy atom. The zero-order valence-corrected chi connectivity index (χ0v) is 16.6. The van der Waals surface area contributed by atoms with Gasteiger partial charge in [-0.1, -0.05) is 31.0 Å². The predicted octanol–water partition coefficient (Wildman–Crippen LogP) is 3.83. The summed E-state index contributed by atoms with van der Waals surface area (Å²) in [6.07, 6.45) is 5.16. The maximum absolute atomic E-state index is 13.2. The summed E-state index contributed by atoms with van der Waals surface area (Å²) >= 11 is 0. The molecule has 0 aliphatic carbocycles. The quantitative estimate of drug-likeness (QED) is 0.498. The number of unbranched alkanes of at least 4 members (excludes halogenated alkanes) is 2.